The first-order chi connectivity index (χ1) is 7.31. The molecule has 0 amide bonds. The molecular weight excluding hydrogens is 182 g/mol. The van der Waals surface area contributed by atoms with Crippen molar-refractivity contribution in [1.82, 2.24) is 5.32 Å². The van der Waals surface area contributed by atoms with E-state index >= 15 is 0 Å². The van der Waals surface area contributed by atoms with Crippen molar-refractivity contribution in [3.63, 3.8) is 0 Å². The average Bonchev–Trinajstić information content (AvgIpc) is 3.06. The zero-order chi connectivity index (χ0) is 10.7. The van der Waals surface area contributed by atoms with E-state index in [0.29, 0.717) is 0 Å². The van der Waals surface area contributed by atoms with Gasteiger partial charge in [-0.2, -0.15) is 0 Å². The highest BCUT2D eigenvalue weighted by Gasteiger charge is 2.35. The number of hydrogen-bond acceptors (Lipinski definition) is 1. The Hall–Kier alpha value is -0.0400. The smallest absolute Gasteiger partial charge is 0.00683 e. The molecule has 88 valence electrons. The third-order valence-corrected chi connectivity index (χ3v) is 4.19. The van der Waals surface area contributed by atoms with Gasteiger partial charge in [0.1, 0.15) is 0 Å². The standard InChI is InChI=1S/C14H27N/c1-3-4-5-11(2)14(12-6-7-12)10-15-13-8-9-13/h11-15H,3-10H2,1-2H3. The molecule has 2 fully saturated rings. The molecule has 0 aromatic carbocycles. The van der Waals surface area contributed by atoms with Gasteiger partial charge < -0.3 is 5.32 Å². The van der Waals surface area contributed by atoms with Gasteiger partial charge in [0.2, 0.25) is 0 Å². The highest BCUT2D eigenvalue weighted by atomic mass is 14.9. The second kappa shape index (κ2) is 5.34. The first-order valence-corrected chi connectivity index (χ1v) is 7.04. The summed E-state index contributed by atoms with van der Waals surface area (Å²) in [5.41, 5.74) is 0. The van der Waals surface area contributed by atoms with Crippen molar-refractivity contribution < 1.29 is 0 Å². The summed E-state index contributed by atoms with van der Waals surface area (Å²) in [6.07, 6.45) is 10.1. The van der Waals surface area contributed by atoms with E-state index < -0.39 is 0 Å². The van der Waals surface area contributed by atoms with Crippen LogP contribution in [0.1, 0.15) is 58.8 Å². The Bertz CT molecular complexity index is 182. The minimum Gasteiger partial charge on any atom is -0.314 e. The van der Waals surface area contributed by atoms with Gasteiger partial charge in [-0.1, -0.05) is 33.1 Å². The molecule has 0 bridgehead atoms. The Morgan fingerprint density at radius 1 is 1.20 bits per heavy atom. The van der Waals surface area contributed by atoms with Gasteiger partial charge >= 0.3 is 0 Å². The summed E-state index contributed by atoms with van der Waals surface area (Å²) in [5, 5.41) is 3.74. The lowest BCUT2D eigenvalue weighted by Gasteiger charge is -2.24. The number of hydrogen-bond donors (Lipinski definition) is 1. The highest BCUT2D eigenvalue weighted by molar-refractivity contribution is 4.89. The fraction of sp³-hybridized carbons (Fsp3) is 1.00. The van der Waals surface area contributed by atoms with Crippen LogP contribution in [0.2, 0.25) is 0 Å². The summed E-state index contributed by atoms with van der Waals surface area (Å²) in [6.45, 7) is 6.09. The molecule has 2 rings (SSSR count). The van der Waals surface area contributed by atoms with Crippen LogP contribution in [0.4, 0.5) is 0 Å². The fourth-order valence-electron chi connectivity index (χ4n) is 2.69. The topological polar surface area (TPSA) is 12.0 Å². The maximum absolute atomic E-state index is 3.74. The second-order valence-electron chi connectivity index (χ2n) is 5.80. The molecule has 0 spiro atoms. The van der Waals surface area contributed by atoms with E-state index in [1.165, 1.54) is 51.5 Å². The molecule has 2 aliphatic rings. The Morgan fingerprint density at radius 3 is 2.47 bits per heavy atom. The SMILES string of the molecule is CCCCC(C)C(CNC1CC1)C1CC1. The van der Waals surface area contributed by atoms with Crippen molar-refractivity contribution >= 4 is 0 Å². The molecule has 2 unspecified atom stereocenters. The first kappa shape index (κ1) is 11.4. The monoisotopic (exact) mass is 209 g/mol. The number of rotatable bonds is 8. The fourth-order valence-corrected chi connectivity index (χ4v) is 2.69. The average molecular weight is 209 g/mol. The summed E-state index contributed by atoms with van der Waals surface area (Å²) >= 11 is 0. The molecule has 0 aliphatic heterocycles. The summed E-state index contributed by atoms with van der Waals surface area (Å²) < 4.78 is 0. The predicted molar refractivity (Wildman–Crippen MR) is 65.9 cm³/mol. The molecular formula is C14H27N. The van der Waals surface area contributed by atoms with Crippen LogP contribution in [0.25, 0.3) is 0 Å². The van der Waals surface area contributed by atoms with Gasteiger partial charge in [-0.25, -0.2) is 0 Å². The third-order valence-electron chi connectivity index (χ3n) is 4.19. The Balaban J connectivity index is 1.70. The van der Waals surface area contributed by atoms with E-state index in [1.54, 1.807) is 0 Å². The first-order valence-electron chi connectivity index (χ1n) is 7.04. The van der Waals surface area contributed by atoms with Crippen LogP contribution in [-0.4, -0.2) is 12.6 Å². The van der Waals surface area contributed by atoms with E-state index in [9.17, 15) is 0 Å². The van der Waals surface area contributed by atoms with Crippen molar-refractivity contribution in [2.75, 3.05) is 6.54 Å². The van der Waals surface area contributed by atoms with Crippen LogP contribution < -0.4 is 5.32 Å². The van der Waals surface area contributed by atoms with Crippen molar-refractivity contribution in [3.8, 4) is 0 Å². The third kappa shape index (κ3) is 3.79. The second-order valence-corrected chi connectivity index (χ2v) is 5.80. The molecule has 0 saturated heterocycles. The normalized spacial score (nSPS) is 25.2. The van der Waals surface area contributed by atoms with Crippen LogP contribution in [0.15, 0.2) is 0 Å². The summed E-state index contributed by atoms with van der Waals surface area (Å²) in [5.74, 6) is 3.00. The zero-order valence-electron chi connectivity index (χ0n) is 10.5. The van der Waals surface area contributed by atoms with Crippen LogP contribution in [0.5, 0.6) is 0 Å². The van der Waals surface area contributed by atoms with E-state index in [2.05, 4.69) is 19.2 Å². The lowest BCUT2D eigenvalue weighted by molar-refractivity contribution is 0.282. The molecule has 2 atom stereocenters. The molecule has 1 N–H and O–H groups in total. The summed E-state index contributed by atoms with van der Waals surface area (Å²) in [7, 11) is 0. The van der Waals surface area contributed by atoms with Gasteiger partial charge in [0.05, 0.1) is 0 Å². The number of nitrogens with one attached hydrogen (secondary N) is 1. The molecule has 0 heterocycles. The van der Waals surface area contributed by atoms with E-state index in [4.69, 9.17) is 0 Å². The maximum Gasteiger partial charge on any atom is 0.00683 e. The molecule has 0 radical (unpaired) electrons. The van der Waals surface area contributed by atoms with Crippen molar-refractivity contribution in [2.45, 2.75) is 64.8 Å². The Kier molecular flexibility index (Phi) is 4.07. The minimum absolute atomic E-state index is 0.893. The summed E-state index contributed by atoms with van der Waals surface area (Å²) in [4.78, 5) is 0. The van der Waals surface area contributed by atoms with Gasteiger partial charge in [0.25, 0.3) is 0 Å². The molecule has 1 nitrogen and oxygen atoms in total. The molecule has 1 heteroatoms. The highest BCUT2D eigenvalue weighted by Crippen LogP contribution is 2.41. The quantitative estimate of drug-likeness (QED) is 0.644. The van der Waals surface area contributed by atoms with Crippen LogP contribution in [0.3, 0.4) is 0 Å². The van der Waals surface area contributed by atoms with Crippen molar-refractivity contribution in [1.29, 1.82) is 0 Å². The summed E-state index contributed by atoms with van der Waals surface area (Å²) in [6, 6.07) is 0.893. The van der Waals surface area contributed by atoms with Crippen LogP contribution in [-0.2, 0) is 0 Å². The lowest BCUT2D eigenvalue weighted by atomic mass is 9.86. The molecule has 15 heavy (non-hydrogen) atoms. The van der Waals surface area contributed by atoms with Gasteiger partial charge in [-0.05, 0) is 50.0 Å². The Labute approximate surface area is 95.0 Å². The molecule has 2 aliphatic carbocycles. The zero-order valence-corrected chi connectivity index (χ0v) is 10.5. The largest absolute Gasteiger partial charge is 0.314 e. The van der Waals surface area contributed by atoms with Crippen molar-refractivity contribution in [2.24, 2.45) is 17.8 Å². The number of unbranched alkanes of at least 4 members (excludes halogenated alkanes) is 1. The van der Waals surface area contributed by atoms with Crippen LogP contribution in [0, 0.1) is 17.8 Å². The minimum atomic E-state index is 0.893. The van der Waals surface area contributed by atoms with Gasteiger partial charge in [0, 0.05) is 6.04 Å². The Morgan fingerprint density at radius 2 is 1.93 bits per heavy atom. The van der Waals surface area contributed by atoms with Gasteiger partial charge in [-0.15, -0.1) is 0 Å². The van der Waals surface area contributed by atoms with Gasteiger partial charge in [-0.3, -0.25) is 0 Å². The maximum atomic E-state index is 3.74. The molecule has 0 aromatic heterocycles. The van der Waals surface area contributed by atoms with Crippen molar-refractivity contribution in [3.05, 3.63) is 0 Å². The van der Waals surface area contributed by atoms with Gasteiger partial charge in [0.15, 0.2) is 0 Å². The predicted octanol–water partition coefficient (Wildman–Crippen LogP) is 3.59. The van der Waals surface area contributed by atoms with E-state index in [1.807, 2.05) is 0 Å². The lowest BCUT2D eigenvalue weighted by Crippen LogP contribution is -2.30. The van der Waals surface area contributed by atoms with Crippen LogP contribution >= 0.6 is 0 Å². The molecule has 2 saturated carbocycles. The van der Waals surface area contributed by atoms with E-state index in [-0.39, 0.29) is 0 Å². The molecule has 0 aromatic rings. The van der Waals surface area contributed by atoms with E-state index in [0.717, 1.165) is 23.8 Å².